The number of carbonyl (C=O) groups excluding carboxylic acids is 1. The van der Waals surface area contributed by atoms with Crippen LogP contribution < -0.4 is 0 Å². The van der Waals surface area contributed by atoms with Crippen LogP contribution in [-0.4, -0.2) is 21.3 Å². The summed E-state index contributed by atoms with van der Waals surface area (Å²) in [5, 5.41) is 16.6. The molecule has 0 fully saturated rings. The molecule has 1 aromatic heterocycles. The second kappa shape index (κ2) is 4.76. The SMILES string of the molecule is N#CCn1nnc(C=O)c1-c1ccccc1Cl. The molecule has 17 heavy (non-hydrogen) atoms. The van der Waals surface area contributed by atoms with Crippen molar-refractivity contribution in [1.29, 1.82) is 5.26 Å². The molecule has 0 atom stereocenters. The minimum atomic E-state index is 0.0153. The van der Waals surface area contributed by atoms with E-state index in [1.54, 1.807) is 24.3 Å². The van der Waals surface area contributed by atoms with Crippen LogP contribution in [0.3, 0.4) is 0 Å². The lowest BCUT2D eigenvalue weighted by molar-refractivity contribution is 0.111. The molecule has 0 amide bonds. The highest BCUT2D eigenvalue weighted by atomic mass is 35.5. The van der Waals surface area contributed by atoms with E-state index < -0.39 is 0 Å². The van der Waals surface area contributed by atoms with Crippen molar-refractivity contribution in [3.05, 3.63) is 35.0 Å². The van der Waals surface area contributed by atoms with E-state index in [1.165, 1.54) is 4.68 Å². The van der Waals surface area contributed by atoms with Crippen molar-refractivity contribution in [3.8, 4) is 17.3 Å². The fourth-order valence-corrected chi connectivity index (χ4v) is 1.74. The van der Waals surface area contributed by atoms with E-state index in [0.29, 0.717) is 22.6 Å². The standard InChI is InChI=1S/C11H7ClN4O/c12-9-4-2-1-3-8(9)11-10(7-17)14-15-16(11)6-5-13/h1-4,7H,6H2. The van der Waals surface area contributed by atoms with Gasteiger partial charge in [-0.25, -0.2) is 4.68 Å². The van der Waals surface area contributed by atoms with Crippen LogP contribution in [0.4, 0.5) is 0 Å². The predicted octanol–water partition coefficient (Wildman–Crippen LogP) is 1.93. The third-order valence-corrected chi connectivity index (χ3v) is 2.55. The molecule has 0 N–H and O–H groups in total. The van der Waals surface area contributed by atoms with Gasteiger partial charge in [0, 0.05) is 5.56 Å². The highest BCUT2D eigenvalue weighted by molar-refractivity contribution is 6.33. The summed E-state index contributed by atoms with van der Waals surface area (Å²) in [5.41, 5.74) is 1.28. The Balaban J connectivity index is 2.65. The molecule has 1 aromatic carbocycles. The summed E-state index contributed by atoms with van der Waals surface area (Å²) < 4.78 is 1.35. The number of carbonyl (C=O) groups is 1. The van der Waals surface area contributed by atoms with Gasteiger partial charge >= 0.3 is 0 Å². The molecule has 0 aliphatic heterocycles. The van der Waals surface area contributed by atoms with E-state index in [2.05, 4.69) is 10.3 Å². The highest BCUT2D eigenvalue weighted by Crippen LogP contribution is 2.28. The van der Waals surface area contributed by atoms with Gasteiger partial charge in [-0.05, 0) is 6.07 Å². The number of aldehydes is 1. The summed E-state index contributed by atoms with van der Waals surface area (Å²) in [4.78, 5) is 10.9. The monoisotopic (exact) mass is 246 g/mol. The van der Waals surface area contributed by atoms with Gasteiger partial charge in [0.2, 0.25) is 0 Å². The van der Waals surface area contributed by atoms with Crippen molar-refractivity contribution in [2.45, 2.75) is 6.54 Å². The van der Waals surface area contributed by atoms with Crippen molar-refractivity contribution in [3.63, 3.8) is 0 Å². The van der Waals surface area contributed by atoms with Gasteiger partial charge in [0.05, 0.1) is 11.1 Å². The van der Waals surface area contributed by atoms with Crippen LogP contribution in [0.25, 0.3) is 11.3 Å². The number of halogens is 1. The van der Waals surface area contributed by atoms with E-state index in [0.717, 1.165) is 0 Å². The van der Waals surface area contributed by atoms with Crippen LogP contribution in [0.5, 0.6) is 0 Å². The molecule has 5 nitrogen and oxygen atoms in total. The van der Waals surface area contributed by atoms with Gasteiger partial charge in [0.25, 0.3) is 0 Å². The molecule has 6 heteroatoms. The fourth-order valence-electron chi connectivity index (χ4n) is 1.51. The Labute approximate surface area is 102 Å². The maximum Gasteiger partial charge on any atom is 0.172 e. The Morgan fingerprint density at radius 2 is 2.24 bits per heavy atom. The first-order valence-corrected chi connectivity index (χ1v) is 5.16. The molecular weight excluding hydrogens is 240 g/mol. The second-order valence-electron chi connectivity index (χ2n) is 3.24. The molecule has 0 spiro atoms. The average molecular weight is 247 g/mol. The van der Waals surface area contributed by atoms with E-state index in [-0.39, 0.29) is 12.2 Å². The lowest BCUT2D eigenvalue weighted by Crippen LogP contribution is -2.01. The van der Waals surface area contributed by atoms with Crippen LogP contribution in [0.15, 0.2) is 24.3 Å². The van der Waals surface area contributed by atoms with Gasteiger partial charge in [0.15, 0.2) is 12.0 Å². The van der Waals surface area contributed by atoms with Crippen LogP contribution >= 0.6 is 11.6 Å². The molecule has 0 bridgehead atoms. The van der Waals surface area contributed by atoms with E-state index >= 15 is 0 Å². The van der Waals surface area contributed by atoms with Gasteiger partial charge in [-0.2, -0.15) is 5.26 Å². The summed E-state index contributed by atoms with van der Waals surface area (Å²) in [5.74, 6) is 0. The summed E-state index contributed by atoms with van der Waals surface area (Å²) in [6.45, 7) is 0.0153. The Bertz CT molecular complexity index is 600. The summed E-state index contributed by atoms with van der Waals surface area (Å²) in [6.07, 6.45) is 0.597. The van der Waals surface area contributed by atoms with Gasteiger partial charge < -0.3 is 0 Å². The van der Waals surface area contributed by atoms with Crippen molar-refractivity contribution in [1.82, 2.24) is 15.0 Å². The molecule has 1 heterocycles. The average Bonchev–Trinajstić information content (AvgIpc) is 2.73. The van der Waals surface area contributed by atoms with Gasteiger partial charge in [-0.3, -0.25) is 4.79 Å². The maximum absolute atomic E-state index is 10.9. The van der Waals surface area contributed by atoms with Crippen molar-refractivity contribution in [2.24, 2.45) is 0 Å². The summed E-state index contributed by atoms with van der Waals surface area (Å²) in [6, 6.07) is 8.98. The Kier molecular flexibility index (Phi) is 3.17. The van der Waals surface area contributed by atoms with Gasteiger partial charge in [-0.15, -0.1) is 5.10 Å². The lowest BCUT2D eigenvalue weighted by atomic mass is 10.1. The number of nitriles is 1. The number of aromatic nitrogens is 3. The van der Waals surface area contributed by atoms with Gasteiger partial charge in [-0.1, -0.05) is 35.0 Å². The molecule has 2 rings (SSSR count). The summed E-state index contributed by atoms with van der Waals surface area (Å²) >= 11 is 6.05. The van der Waals surface area contributed by atoms with Crippen LogP contribution in [0.1, 0.15) is 10.5 Å². The number of nitrogens with zero attached hydrogens (tertiary/aromatic N) is 4. The zero-order chi connectivity index (χ0) is 12.3. The number of benzene rings is 1. The van der Waals surface area contributed by atoms with Crippen molar-refractivity contribution >= 4 is 17.9 Å². The van der Waals surface area contributed by atoms with Crippen LogP contribution in [-0.2, 0) is 6.54 Å². The predicted molar refractivity (Wildman–Crippen MR) is 61.5 cm³/mol. The third kappa shape index (κ3) is 2.03. The van der Waals surface area contributed by atoms with Crippen LogP contribution in [0, 0.1) is 11.3 Å². The van der Waals surface area contributed by atoms with Gasteiger partial charge in [0.1, 0.15) is 12.2 Å². The maximum atomic E-state index is 10.9. The van der Waals surface area contributed by atoms with E-state index in [1.807, 2.05) is 6.07 Å². The third-order valence-electron chi connectivity index (χ3n) is 2.22. The molecular formula is C11H7ClN4O. The number of hydrogen-bond donors (Lipinski definition) is 0. The zero-order valence-corrected chi connectivity index (χ0v) is 9.42. The molecule has 2 aromatic rings. The number of hydrogen-bond acceptors (Lipinski definition) is 4. The van der Waals surface area contributed by atoms with Crippen molar-refractivity contribution in [2.75, 3.05) is 0 Å². The first-order valence-electron chi connectivity index (χ1n) is 4.78. The molecule has 0 saturated carbocycles. The largest absolute Gasteiger partial charge is 0.296 e. The Hall–Kier alpha value is -2.19. The van der Waals surface area contributed by atoms with E-state index in [9.17, 15) is 4.79 Å². The van der Waals surface area contributed by atoms with Crippen molar-refractivity contribution < 1.29 is 4.79 Å². The van der Waals surface area contributed by atoms with Crippen LogP contribution in [0.2, 0.25) is 5.02 Å². The lowest BCUT2D eigenvalue weighted by Gasteiger charge is -2.05. The molecule has 0 aliphatic rings. The Morgan fingerprint density at radius 1 is 1.47 bits per heavy atom. The zero-order valence-electron chi connectivity index (χ0n) is 8.67. The molecule has 0 radical (unpaired) electrons. The highest BCUT2D eigenvalue weighted by Gasteiger charge is 2.16. The minimum absolute atomic E-state index is 0.0153. The normalized spacial score (nSPS) is 9.88. The topological polar surface area (TPSA) is 71.6 Å². The molecule has 0 aliphatic carbocycles. The minimum Gasteiger partial charge on any atom is -0.296 e. The Morgan fingerprint density at radius 3 is 2.88 bits per heavy atom. The quantitative estimate of drug-likeness (QED) is 0.776. The fraction of sp³-hybridized carbons (Fsp3) is 0.0909. The second-order valence-corrected chi connectivity index (χ2v) is 3.64. The van der Waals surface area contributed by atoms with E-state index in [4.69, 9.17) is 16.9 Å². The first-order chi connectivity index (χ1) is 8.27. The first kappa shape index (κ1) is 11.3. The molecule has 0 saturated heterocycles. The molecule has 84 valence electrons. The summed E-state index contributed by atoms with van der Waals surface area (Å²) in [7, 11) is 0. The number of rotatable bonds is 3. The smallest absolute Gasteiger partial charge is 0.172 e. The molecule has 0 unspecified atom stereocenters.